The summed E-state index contributed by atoms with van der Waals surface area (Å²) < 4.78 is 47.6. The highest BCUT2D eigenvalue weighted by molar-refractivity contribution is 8.27. The monoisotopic (exact) mass is 446 g/mol. The van der Waals surface area contributed by atoms with E-state index in [1.807, 2.05) is 24.3 Å². The third-order valence-electron chi connectivity index (χ3n) is 3.94. The summed E-state index contributed by atoms with van der Waals surface area (Å²) in [4.78, 5) is 0. The van der Waals surface area contributed by atoms with Crippen molar-refractivity contribution in [2.24, 2.45) is 0 Å². The molecule has 6 nitrogen and oxygen atoms in total. The molecule has 0 aliphatic heterocycles. The standard InChI is InChI=1S/C22H24O6P2/c1-5-19-9-13-21(14-10-19)17-27-30(24,29(23,25-7-3)26-8-4)28-18-22-15-11-20(6-2)12-16-22/h5-16H,1-4,17-18H2. The zero-order valence-electron chi connectivity index (χ0n) is 16.5. The molecule has 8 heteroatoms. The molecule has 0 aliphatic rings. The molecule has 0 fully saturated rings. The first-order chi connectivity index (χ1) is 14.4. The van der Waals surface area contributed by atoms with Crippen LogP contribution < -0.4 is 0 Å². The van der Waals surface area contributed by atoms with Gasteiger partial charge in [0.15, 0.2) is 0 Å². The van der Waals surface area contributed by atoms with Gasteiger partial charge in [-0.25, -0.2) is 9.13 Å². The van der Waals surface area contributed by atoms with Crippen molar-refractivity contribution in [3.63, 3.8) is 0 Å². The first kappa shape index (κ1) is 23.7. The fourth-order valence-electron chi connectivity index (χ4n) is 2.32. The molecule has 2 rings (SSSR count). The summed E-state index contributed by atoms with van der Waals surface area (Å²) in [5.41, 5.74) is 3.20. The molecule has 0 heterocycles. The van der Waals surface area contributed by atoms with E-state index in [2.05, 4.69) is 26.3 Å². The van der Waals surface area contributed by atoms with Crippen LogP contribution in [0.3, 0.4) is 0 Å². The molecule has 0 amide bonds. The van der Waals surface area contributed by atoms with Gasteiger partial charge in [0.1, 0.15) is 0 Å². The van der Waals surface area contributed by atoms with E-state index in [1.54, 1.807) is 36.4 Å². The molecule has 2 aromatic carbocycles. The molecule has 0 N–H and O–H groups in total. The lowest BCUT2D eigenvalue weighted by molar-refractivity contribution is 0.193. The van der Waals surface area contributed by atoms with E-state index in [0.29, 0.717) is 11.1 Å². The quantitative estimate of drug-likeness (QED) is 0.237. The van der Waals surface area contributed by atoms with Crippen molar-refractivity contribution >= 4 is 26.7 Å². The van der Waals surface area contributed by atoms with Gasteiger partial charge >= 0.3 is 14.6 Å². The maximum Gasteiger partial charge on any atom is 0.540 e. The van der Waals surface area contributed by atoms with Crippen molar-refractivity contribution in [3.8, 4) is 0 Å². The van der Waals surface area contributed by atoms with Crippen LogP contribution in [0.25, 0.3) is 12.2 Å². The average molecular weight is 446 g/mol. The Hall–Kier alpha value is -2.62. The van der Waals surface area contributed by atoms with Crippen molar-refractivity contribution in [1.29, 1.82) is 0 Å². The first-order valence-electron chi connectivity index (χ1n) is 8.90. The summed E-state index contributed by atoms with van der Waals surface area (Å²) in [7, 11) is -8.82. The fraction of sp³-hybridized carbons (Fsp3) is 0.0909. The van der Waals surface area contributed by atoms with Crippen LogP contribution >= 0.6 is 14.6 Å². The Morgan fingerprint density at radius 2 is 1.00 bits per heavy atom. The lowest BCUT2D eigenvalue weighted by atomic mass is 10.1. The lowest BCUT2D eigenvalue weighted by Crippen LogP contribution is -2.01. The Morgan fingerprint density at radius 1 is 0.633 bits per heavy atom. The van der Waals surface area contributed by atoms with Gasteiger partial charge in [0.2, 0.25) is 0 Å². The summed E-state index contributed by atoms with van der Waals surface area (Å²) in [6, 6.07) is 14.3. The maximum atomic E-state index is 13.5. The lowest BCUT2D eigenvalue weighted by Gasteiger charge is -2.24. The SMILES string of the molecule is C=COP(=O)(OC=C)P(=O)(OCc1ccc(C=C)cc1)OCc1ccc(C=C)cc1. The Labute approximate surface area is 177 Å². The molecule has 0 saturated heterocycles. The Kier molecular flexibility index (Phi) is 8.64. The predicted octanol–water partition coefficient (Wildman–Crippen LogP) is 7.33. The van der Waals surface area contributed by atoms with E-state index >= 15 is 0 Å². The van der Waals surface area contributed by atoms with Gasteiger partial charge in [-0.05, 0) is 22.3 Å². The molecule has 30 heavy (non-hydrogen) atoms. The molecule has 0 aliphatic carbocycles. The molecular formula is C22H24O6P2. The van der Waals surface area contributed by atoms with Crippen molar-refractivity contribution in [3.05, 3.63) is 110 Å². The van der Waals surface area contributed by atoms with Crippen LogP contribution in [0.2, 0.25) is 0 Å². The zero-order valence-corrected chi connectivity index (χ0v) is 18.3. The van der Waals surface area contributed by atoms with Crippen molar-refractivity contribution in [1.82, 2.24) is 0 Å². The van der Waals surface area contributed by atoms with E-state index < -0.39 is 14.6 Å². The van der Waals surface area contributed by atoms with E-state index in [0.717, 1.165) is 23.7 Å². The molecule has 0 atom stereocenters. The van der Waals surface area contributed by atoms with Crippen LogP contribution in [0, 0.1) is 0 Å². The number of hydrogen-bond acceptors (Lipinski definition) is 6. The van der Waals surface area contributed by atoms with Crippen LogP contribution in [-0.4, -0.2) is 0 Å². The molecular weight excluding hydrogens is 422 g/mol. The largest absolute Gasteiger partial charge is 0.540 e. The Morgan fingerprint density at radius 3 is 1.30 bits per heavy atom. The maximum absolute atomic E-state index is 13.5. The first-order valence-corrected chi connectivity index (χ1v) is 12.7. The Bertz CT molecular complexity index is 906. The molecule has 158 valence electrons. The fourth-order valence-corrected chi connectivity index (χ4v) is 6.25. The van der Waals surface area contributed by atoms with Gasteiger partial charge in [-0.2, -0.15) is 0 Å². The van der Waals surface area contributed by atoms with E-state index in [9.17, 15) is 9.13 Å². The van der Waals surface area contributed by atoms with Crippen LogP contribution in [0.15, 0.2) is 87.4 Å². The van der Waals surface area contributed by atoms with Crippen LogP contribution in [0.4, 0.5) is 0 Å². The minimum atomic E-state index is -4.41. The smallest absolute Gasteiger partial charge is 0.417 e. The zero-order chi connectivity index (χ0) is 22.0. The number of hydrogen-bond donors (Lipinski definition) is 0. The average Bonchev–Trinajstić information content (AvgIpc) is 2.77. The topological polar surface area (TPSA) is 71.1 Å². The molecule has 0 bridgehead atoms. The summed E-state index contributed by atoms with van der Waals surface area (Å²) in [5, 5.41) is 0. The molecule has 2 aromatic rings. The summed E-state index contributed by atoms with van der Waals surface area (Å²) >= 11 is 0. The third-order valence-corrected chi connectivity index (χ3v) is 9.34. The normalized spacial score (nSPS) is 11.3. The Balaban J connectivity index is 2.26. The van der Waals surface area contributed by atoms with Gasteiger partial charge < -0.3 is 9.05 Å². The molecule has 0 unspecified atom stereocenters. The number of rotatable bonds is 13. The third kappa shape index (κ3) is 5.94. The van der Waals surface area contributed by atoms with Crippen LogP contribution in [0.5, 0.6) is 0 Å². The molecule has 0 aromatic heterocycles. The molecule has 0 saturated carbocycles. The van der Waals surface area contributed by atoms with Crippen LogP contribution in [-0.2, 0) is 40.4 Å². The second kappa shape index (κ2) is 11.0. The molecule has 0 spiro atoms. The summed E-state index contributed by atoms with van der Waals surface area (Å²) in [5.74, 6) is 0. The predicted molar refractivity (Wildman–Crippen MR) is 120 cm³/mol. The van der Waals surface area contributed by atoms with Gasteiger partial charge in [0.25, 0.3) is 0 Å². The van der Waals surface area contributed by atoms with Gasteiger partial charge in [0, 0.05) is 0 Å². The minimum Gasteiger partial charge on any atom is -0.417 e. The second-order valence-corrected chi connectivity index (χ2v) is 11.7. The second-order valence-electron chi connectivity index (χ2n) is 5.92. The van der Waals surface area contributed by atoms with E-state index in [-0.39, 0.29) is 13.2 Å². The van der Waals surface area contributed by atoms with Crippen molar-refractivity contribution < 1.29 is 27.2 Å². The van der Waals surface area contributed by atoms with Crippen LogP contribution in [0.1, 0.15) is 22.3 Å². The molecule has 0 radical (unpaired) electrons. The van der Waals surface area contributed by atoms with Gasteiger partial charge in [0.05, 0.1) is 25.7 Å². The highest BCUT2D eigenvalue weighted by Crippen LogP contribution is 2.84. The summed E-state index contributed by atoms with van der Waals surface area (Å²) in [6.07, 6.45) is 5.11. The van der Waals surface area contributed by atoms with Gasteiger partial charge in [-0.1, -0.05) is 87.0 Å². The summed E-state index contributed by atoms with van der Waals surface area (Å²) in [6.45, 7) is 13.8. The van der Waals surface area contributed by atoms with Crippen molar-refractivity contribution in [2.45, 2.75) is 13.2 Å². The van der Waals surface area contributed by atoms with Crippen molar-refractivity contribution in [2.75, 3.05) is 0 Å². The number of benzene rings is 2. The van der Waals surface area contributed by atoms with E-state index in [1.165, 1.54) is 0 Å². The van der Waals surface area contributed by atoms with Gasteiger partial charge in [-0.3, -0.25) is 9.05 Å². The van der Waals surface area contributed by atoms with Gasteiger partial charge in [-0.15, -0.1) is 0 Å². The highest BCUT2D eigenvalue weighted by Gasteiger charge is 2.53. The highest BCUT2D eigenvalue weighted by atomic mass is 32.1. The van der Waals surface area contributed by atoms with E-state index in [4.69, 9.17) is 18.1 Å². The minimum absolute atomic E-state index is 0.144.